The number of rotatable bonds is 1. The van der Waals surface area contributed by atoms with Crippen LogP contribution in [0.5, 0.6) is 0 Å². The molecule has 98 valence electrons. The molecule has 0 saturated carbocycles. The zero-order valence-electron chi connectivity index (χ0n) is 10.4. The first-order chi connectivity index (χ1) is 9.75. The second kappa shape index (κ2) is 3.74. The number of hydrogen-bond acceptors (Lipinski definition) is 2. The van der Waals surface area contributed by atoms with E-state index in [1.165, 1.54) is 0 Å². The molecule has 0 fully saturated rings. The van der Waals surface area contributed by atoms with Crippen molar-refractivity contribution in [2.24, 2.45) is 0 Å². The first-order valence-electron chi connectivity index (χ1n) is 6.20. The Morgan fingerprint density at radius 3 is 1.45 bits per heavy atom. The Bertz CT molecular complexity index is 861. The molecule has 6 heteroatoms. The molecule has 0 spiro atoms. The van der Waals surface area contributed by atoms with Crippen LogP contribution in [0, 0.1) is 0 Å². The third kappa shape index (κ3) is 1.33. The second-order valence-electron chi connectivity index (χ2n) is 4.61. The summed E-state index contributed by atoms with van der Waals surface area (Å²) in [6.07, 6.45) is 0. The zero-order valence-corrected chi connectivity index (χ0v) is 10.4. The van der Waals surface area contributed by atoms with Crippen LogP contribution in [-0.4, -0.2) is 20.4 Å². The number of hydrogen-bond donors (Lipinski definition) is 4. The van der Waals surface area contributed by atoms with Gasteiger partial charge in [-0.15, -0.1) is 0 Å². The van der Waals surface area contributed by atoms with Gasteiger partial charge in [0.15, 0.2) is 11.0 Å². The normalized spacial score (nSPS) is 11.4. The molecule has 0 bridgehead atoms. The van der Waals surface area contributed by atoms with Crippen molar-refractivity contribution in [2.75, 3.05) is 0 Å². The van der Waals surface area contributed by atoms with Crippen LogP contribution in [0.15, 0.2) is 48.5 Å². The molecule has 0 aliphatic carbocycles. The van der Waals surface area contributed by atoms with E-state index in [0.717, 1.165) is 20.5 Å². The van der Waals surface area contributed by atoms with Crippen LogP contribution in [0.3, 0.4) is 0 Å². The Labute approximate surface area is 113 Å². The van der Waals surface area contributed by atoms with Crippen LogP contribution in [0.1, 0.15) is 0 Å². The lowest BCUT2D eigenvalue weighted by Gasteiger charge is -1.87. The van der Waals surface area contributed by atoms with E-state index in [1.54, 1.807) is 12.1 Å². The lowest BCUT2D eigenvalue weighted by Crippen LogP contribution is -2.38. The van der Waals surface area contributed by atoms with Gasteiger partial charge in [0.25, 0.3) is 0 Å². The van der Waals surface area contributed by atoms with Crippen LogP contribution >= 0.6 is 0 Å². The van der Waals surface area contributed by atoms with Gasteiger partial charge in [0.1, 0.15) is 0 Å². The van der Waals surface area contributed by atoms with Crippen molar-refractivity contribution < 1.29 is 19.9 Å². The summed E-state index contributed by atoms with van der Waals surface area (Å²) in [6.45, 7) is 0. The number of H-pyrrole nitrogens is 2. The largest absolute Gasteiger partial charge is 0.414 e. The molecular weight excluding hydrogens is 256 g/mol. The summed E-state index contributed by atoms with van der Waals surface area (Å²) in [6, 6.07) is 14.7. The molecule has 2 aromatic carbocycles. The van der Waals surface area contributed by atoms with E-state index in [4.69, 9.17) is 0 Å². The molecule has 0 aliphatic heterocycles. The summed E-state index contributed by atoms with van der Waals surface area (Å²) < 4.78 is 2.04. The first kappa shape index (κ1) is 10.9. The highest BCUT2D eigenvalue weighted by Crippen LogP contribution is 2.17. The van der Waals surface area contributed by atoms with Crippen molar-refractivity contribution in [1.29, 1.82) is 0 Å². The van der Waals surface area contributed by atoms with Crippen LogP contribution in [0.2, 0.25) is 0 Å². The number of nitrogens with one attached hydrogen (secondary N) is 2. The fraction of sp³-hybridized carbons (Fsp3) is 0. The van der Waals surface area contributed by atoms with Gasteiger partial charge in [0.2, 0.25) is 11.0 Å². The highest BCUT2D eigenvalue weighted by molar-refractivity contribution is 5.76. The molecule has 0 amide bonds. The molecule has 0 radical (unpaired) electrons. The highest BCUT2D eigenvalue weighted by atomic mass is 16.5. The molecule has 0 unspecified atom stereocenters. The quantitative estimate of drug-likeness (QED) is 0.311. The SMILES string of the molecule is O[n+]1c(-c2[nH]c3ccccc3[n+]2O)[nH]c2ccccc21. The molecule has 4 aromatic rings. The zero-order chi connectivity index (χ0) is 13.7. The van der Waals surface area contributed by atoms with Gasteiger partial charge in [0.05, 0.1) is 0 Å². The Morgan fingerprint density at radius 2 is 1.05 bits per heavy atom. The first-order valence-corrected chi connectivity index (χ1v) is 6.20. The average Bonchev–Trinajstić information content (AvgIpc) is 2.98. The van der Waals surface area contributed by atoms with Crippen molar-refractivity contribution >= 4 is 22.1 Å². The van der Waals surface area contributed by atoms with E-state index in [0.29, 0.717) is 22.7 Å². The van der Waals surface area contributed by atoms with Crippen molar-refractivity contribution in [3.63, 3.8) is 0 Å². The van der Waals surface area contributed by atoms with Crippen LogP contribution in [0.4, 0.5) is 0 Å². The number of benzene rings is 2. The lowest BCUT2D eigenvalue weighted by molar-refractivity contribution is -0.898. The third-order valence-corrected chi connectivity index (χ3v) is 3.42. The van der Waals surface area contributed by atoms with Crippen molar-refractivity contribution in [2.45, 2.75) is 0 Å². The van der Waals surface area contributed by atoms with Gasteiger partial charge >= 0.3 is 11.6 Å². The van der Waals surface area contributed by atoms with Gasteiger partial charge < -0.3 is 10.4 Å². The van der Waals surface area contributed by atoms with Crippen molar-refractivity contribution in [3.05, 3.63) is 48.5 Å². The molecule has 2 aromatic heterocycles. The predicted octanol–water partition coefficient (Wildman–Crippen LogP) is 1.37. The summed E-state index contributed by atoms with van der Waals surface area (Å²) in [7, 11) is 0. The standard InChI is InChI=1S/C14H10N4O2/c19-17-11-7-3-1-5-9(11)15-13(17)14-16-10-6-2-4-8-12(10)18(14)20/h1-8,19-20H/p+2. The topological polar surface area (TPSA) is 79.8 Å². The number of fused-ring (bicyclic) bond motifs is 2. The molecule has 4 N–H and O–H groups in total. The molecule has 2 heterocycles. The van der Waals surface area contributed by atoms with Crippen LogP contribution in [-0.2, 0) is 0 Å². The maximum Gasteiger partial charge on any atom is 0.414 e. The van der Waals surface area contributed by atoms with E-state index in [1.807, 2.05) is 36.4 Å². The van der Waals surface area contributed by atoms with Gasteiger partial charge in [0, 0.05) is 0 Å². The number of aromatic nitrogens is 4. The molecule has 6 nitrogen and oxygen atoms in total. The fourth-order valence-corrected chi connectivity index (χ4v) is 2.45. The molecular formula is C14H12N4O2+2. The monoisotopic (exact) mass is 268 g/mol. The minimum Gasteiger partial charge on any atom is -0.349 e. The maximum absolute atomic E-state index is 10.2. The predicted molar refractivity (Wildman–Crippen MR) is 70.4 cm³/mol. The van der Waals surface area contributed by atoms with Gasteiger partial charge in [-0.3, -0.25) is 0 Å². The summed E-state index contributed by atoms with van der Waals surface area (Å²) in [5.74, 6) is 0.759. The van der Waals surface area contributed by atoms with Gasteiger partial charge in [-0.05, 0) is 33.7 Å². The average molecular weight is 268 g/mol. The summed E-state index contributed by atoms with van der Waals surface area (Å²) in [5.41, 5.74) is 2.84. The molecule has 20 heavy (non-hydrogen) atoms. The Morgan fingerprint density at radius 1 is 0.650 bits per heavy atom. The maximum atomic E-state index is 10.2. The van der Waals surface area contributed by atoms with E-state index >= 15 is 0 Å². The Kier molecular flexibility index (Phi) is 2.03. The molecule has 0 aliphatic rings. The Balaban J connectivity index is 2.06. The smallest absolute Gasteiger partial charge is 0.349 e. The molecule has 4 rings (SSSR count). The minimum atomic E-state index is 0.380. The Hall–Kier alpha value is -3.02. The van der Waals surface area contributed by atoms with Crippen molar-refractivity contribution in [3.8, 4) is 11.6 Å². The van der Waals surface area contributed by atoms with Crippen LogP contribution < -0.4 is 9.46 Å². The highest BCUT2D eigenvalue weighted by Gasteiger charge is 2.32. The lowest BCUT2D eigenvalue weighted by atomic mass is 10.3. The summed E-state index contributed by atoms with van der Waals surface area (Å²) >= 11 is 0. The van der Waals surface area contributed by atoms with E-state index in [9.17, 15) is 10.4 Å². The van der Waals surface area contributed by atoms with Crippen LogP contribution in [0.25, 0.3) is 33.7 Å². The number of aromatic amines is 2. The third-order valence-electron chi connectivity index (χ3n) is 3.42. The fourth-order valence-electron chi connectivity index (χ4n) is 2.45. The number of nitrogens with zero attached hydrogens (tertiary/aromatic N) is 2. The number of para-hydroxylation sites is 4. The second-order valence-corrected chi connectivity index (χ2v) is 4.61. The minimum absolute atomic E-state index is 0.380. The number of imidazole rings is 2. The molecule has 0 atom stereocenters. The van der Waals surface area contributed by atoms with Gasteiger partial charge in [-0.1, -0.05) is 24.3 Å². The molecule has 0 saturated heterocycles. The van der Waals surface area contributed by atoms with Gasteiger partial charge in [-0.2, -0.15) is 0 Å². The van der Waals surface area contributed by atoms with E-state index in [-0.39, 0.29) is 0 Å². The van der Waals surface area contributed by atoms with Gasteiger partial charge in [-0.25, -0.2) is 9.97 Å². The van der Waals surface area contributed by atoms with E-state index in [2.05, 4.69) is 9.97 Å². The summed E-state index contributed by atoms with van der Waals surface area (Å²) in [4.78, 5) is 6.17. The summed E-state index contributed by atoms with van der Waals surface area (Å²) in [5, 5.41) is 20.5. The van der Waals surface area contributed by atoms with E-state index < -0.39 is 0 Å². The van der Waals surface area contributed by atoms with Crippen molar-refractivity contribution in [1.82, 2.24) is 9.97 Å².